The molecule has 1 saturated heterocycles. The summed E-state index contributed by atoms with van der Waals surface area (Å²) in [5.41, 5.74) is -2.00. The van der Waals surface area contributed by atoms with Crippen LogP contribution in [0.5, 0.6) is 0 Å². The van der Waals surface area contributed by atoms with Crippen molar-refractivity contribution < 1.29 is 32.4 Å². The van der Waals surface area contributed by atoms with E-state index in [1.807, 2.05) is 13.8 Å². The second kappa shape index (κ2) is 13.4. The van der Waals surface area contributed by atoms with Crippen LogP contribution in [-0.2, 0) is 29.2 Å². The Labute approximate surface area is 279 Å². The van der Waals surface area contributed by atoms with Crippen LogP contribution in [0, 0.1) is 35.0 Å². The molecular formula is C33H52N6O7S. The molecule has 3 saturated carbocycles. The summed E-state index contributed by atoms with van der Waals surface area (Å²) in [6.07, 6.45) is 10.3. The number of likely N-dealkylation sites (tertiary alicyclic amines) is 1. The Kier molecular flexibility index (Phi) is 10.4. The second-order valence-corrected chi connectivity index (χ2v) is 17.9. The standard InChI is InChI=1S/C33H52N6O7S/c1-9-13-22(25(40)28(42)34-20-14-15-20)35-27(41)24-23-21(32(23,5)6)18-39(24)29(43)26(31(2,3)4)36-30(44)37-33(16-11-10-12-17-33)19-47(45,46)38(7)8/h1,20-24,26H,10-19H2,2-8H3,(H,34,42)(H,35,41)(H2,36,37,44)/t21-,22-,23-,24-,26+/m0/s1. The molecule has 4 fully saturated rings. The fourth-order valence-electron chi connectivity index (χ4n) is 7.27. The third-order valence-corrected chi connectivity index (χ3v) is 12.5. The van der Waals surface area contributed by atoms with Crippen LogP contribution in [0.2, 0.25) is 0 Å². The first kappa shape index (κ1) is 36.7. The molecule has 0 unspecified atom stereocenters. The van der Waals surface area contributed by atoms with Crippen LogP contribution >= 0.6 is 0 Å². The van der Waals surface area contributed by atoms with Crippen LogP contribution in [0.3, 0.4) is 0 Å². The maximum absolute atomic E-state index is 14.3. The van der Waals surface area contributed by atoms with E-state index in [-0.39, 0.29) is 42.0 Å². The lowest BCUT2D eigenvalue weighted by atomic mass is 9.83. The predicted molar refractivity (Wildman–Crippen MR) is 176 cm³/mol. The zero-order valence-corrected chi connectivity index (χ0v) is 29.6. The predicted octanol–water partition coefficient (Wildman–Crippen LogP) is 1.13. The molecule has 262 valence electrons. The Bertz CT molecular complexity index is 1420. The van der Waals surface area contributed by atoms with E-state index in [0.29, 0.717) is 12.8 Å². The van der Waals surface area contributed by atoms with Gasteiger partial charge in [0.15, 0.2) is 0 Å². The molecule has 5 amide bonds. The number of hydrogen-bond acceptors (Lipinski definition) is 7. The van der Waals surface area contributed by atoms with Crippen molar-refractivity contribution in [1.82, 2.24) is 30.5 Å². The van der Waals surface area contributed by atoms with Crippen LogP contribution in [0.1, 0.15) is 86.0 Å². The average Bonchev–Trinajstić information content (AvgIpc) is 3.81. The Morgan fingerprint density at radius 2 is 1.64 bits per heavy atom. The topological polar surface area (TPSA) is 174 Å². The molecule has 4 rings (SSSR count). The summed E-state index contributed by atoms with van der Waals surface area (Å²) in [4.78, 5) is 68.8. The first-order valence-corrected chi connectivity index (χ1v) is 18.2. The van der Waals surface area contributed by atoms with Crippen molar-refractivity contribution in [2.75, 3.05) is 26.4 Å². The van der Waals surface area contributed by atoms with E-state index in [9.17, 15) is 32.4 Å². The maximum Gasteiger partial charge on any atom is 0.315 e. The van der Waals surface area contributed by atoms with Crippen LogP contribution in [0.25, 0.3) is 0 Å². The summed E-state index contributed by atoms with van der Waals surface area (Å²) in [7, 11) is -0.715. The minimum atomic E-state index is -3.64. The number of piperidine rings is 1. The molecule has 14 heteroatoms. The first-order chi connectivity index (χ1) is 21.7. The molecule has 3 aliphatic carbocycles. The summed E-state index contributed by atoms with van der Waals surface area (Å²) in [6, 6.07) is -3.93. The van der Waals surface area contributed by atoms with Gasteiger partial charge in [0.1, 0.15) is 18.1 Å². The number of hydrogen-bond donors (Lipinski definition) is 4. The van der Waals surface area contributed by atoms with Crippen molar-refractivity contribution in [3.63, 3.8) is 0 Å². The lowest BCUT2D eigenvalue weighted by molar-refractivity contribution is -0.145. The van der Waals surface area contributed by atoms with Crippen molar-refractivity contribution in [3.8, 4) is 12.3 Å². The van der Waals surface area contributed by atoms with Gasteiger partial charge in [0, 0.05) is 33.1 Å². The number of fused-ring (bicyclic) bond motifs is 1. The number of nitrogens with one attached hydrogen (secondary N) is 4. The van der Waals surface area contributed by atoms with E-state index in [1.54, 1.807) is 20.8 Å². The summed E-state index contributed by atoms with van der Waals surface area (Å²) >= 11 is 0. The van der Waals surface area contributed by atoms with Gasteiger partial charge in [-0.3, -0.25) is 19.2 Å². The molecule has 0 bridgehead atoms. The summed E-state index contributed by atoms with van der Waals surface area (Å²) < 4.78 is 26.9. The SMILES string of the molecule is C#CC[C@H](NC(=O)[C@@H]1[C@@H]2[C@H](CN1C(=O)[C@@H](NC(=O)NC1(CS(=O)(=O)N(C)C)CCCCC1)C(C)(C)C)C2(C)C)C(=O)C(=O)NC1CC1. The van der Waals surface area contributed by atoms with Crippen molar-refractivity contribution >= 4 is 39.6 Å². The smallest absolute Gasteiger partial charge is 0.315 e. The lowest BCUT2D eigenvalue weighted by Gasteiger charge is -2.41. The molecule has 0 radical (unpaired) electrons. The number of carbonyl (C=O) groups is 5. The fourth-order valence-corrected chi connectivity index (χ4v) is 8.59. The third-order valence-electron chi connectivity index (χ3n) is 10.4. The highest BCUT2D eigenvalue weighted by Gasteiger charge is 2.70. The molecule has 13 nitrogen and oxygen atoms in total. The number of rotatable bonds is 12. The Balaban J connectivity index is 1.53. The number of nitrogens with zero attached hydrogens (tertiary/aromatic N) is 2. The molecule has 0 spiro atoms. The highest BCUT2D eigenvalue weighted by atomic mass is 32.2. The van der Waals surface area contributed by atoms with E-state index in [2.05, 4.69) is 27.2 Å². The Morgan fingerprint density at radius 3 is 2.17 bits per heavy atom. The third kappa shape index (κ3) is 8.11. The van der Waals surface area contributed by atoms with Gasteiger partial charge < -0.3 is 26.2 Å². The zero-order valence-electron chi connectivity index (χ0n) is 28.8. The summed E-state index contributed by atoms with van der Waals surface area (Å²) in [6.45, 7) is 9.74. The average molecular weight is 677 g/mol. The fraction of sp³-hybridized carbons (Fsp3) is 0.788. The lowest BCUT2D eigenvalue weighted by Crippen LogP contribution is -2.64. The minimum absolute atomic E-state index is 0.0262. The summed E-state index contributed by atoms with van der Waals surface area (Å²) in [5, 5.41) is 11.1. The summed E-state index contributed by atoms with van der Waals surface area (Å²) in [5.74, 6) is -0.707. The van der Waals surface area contributed by atoms with Gasteiger partial charge in [-0.1, -0.05) is 53.9 Å². The molecule has 4 N–H and O–H groups in total. The second-order valence-electron chi connectivity index (χ2n) is 15.7. The van der Waals surface area contributed by atoms with Gasteiger partial charge in [-0.25, -0.2) is 17.5 Å². The molecule has 47 heavy (non-hydrogen) atoms. The van der Waals surface area contributed by atoms with Crippen molar-refractivity contribution in [1.29, 1.82) is 0 Å². The largest absolute Gasteiger partial charge is 0.347 e. The van der Waals surface area contributed by atoms with E-state index < -0.39 is 68.6 Å². The molecule has 1 heterocycles. The van der Waals surface area contributed by atoms with E-state index in [1.165, 1.54) is 19.0 Å². The van der Waals surface area contributed by atoms with E-state index >= 15 is 0 Å². The molecular weight excluding hydrogens is 624 g/mol. The first-order valence-electron chi connectivity index (χ1n) is 16.6. The molecule has 0 aromatic heterocycles. The number of Topliss-reactive ketones (excluding diaryl/α,β-unsaturated/α-hetero) is 1. The van der Waals surface area contributed by atoms with Crippen molar-refractivity contribution in [3.05, 3.63) is 0 Å². The Morgan fingerprint density at radius 1 is 1.02 bits per heavy atom. The quantitative estimate of drug-likeness (QED) is 0.177. The molecule has 0 aromatic carbocycles. The molecule has 1 aliphatic heterocycles. The number of carbonyl (C=O) groups excluding carboxylic acids is 5. The van der Waals surface area contributed by atoms with Gasteiger partial charge >= 0.3 is 6.03 Å². The van der Waals surface area contributed by atoms with Crippen molar-refractivity contribution in [2.45, 2.75) is 116 Å². The zero-order chi connectivity index (χ0) is 35.1. The van der Waals surface area contributed by atoms with E-state index in [4.69, 9.17) is 6.42 Å². The van der Waals surface area contributed by atoms with Crippen LogP contribution < -0.4 is 21.3 Å². The van der Waals surface area contributed by atoms with Gasteiger partial charge in [-0.15, -0.1) is 12.3 Å². The van der Waals surface area contributed by atoms with E-state index in [0.717, 1.165) is 36.4 Å². The van der Waals surface area contributed by atoms with Crippen LogP contribution in [0.4, 0.5) is 4.79 Å². The number of amides is 5. The highest BCUT2D eigenvalue weighted by Crippen LogP contribution is 2.65. The van der Waals surface area contributed by atoms with Gasteiger partial charge in [0.25, 0.3) is 5.91 Å². The number of urea groups is 1. The number of terminal acetylenes is 1. The van der Waals surface area contributed by atoms with Gasteiger partial charge in [-0.2, -0.15) is 0 Å². The molecule has 5 atom stereocenters. The number of ketones is 1. The van der Waals surface area contributed by atoms with Gasteiger partial charge in [-0.05, 0) is 48.3 Å². The minimum Gasteiger partial charge on any atom is -0.347 e. The number of sulfonamides is 1. The maximum atomic E-state index is 14.3. The van der Waals surface area contributed by atoms with Gasteiger partial charge in [0.05, 0.1) is 11.3 Å². The highest BCUT2D eigenvalue weighted by molar-refractivity contribution is 7.89. The normalized spacial score (nSPS) is 25.9. The molecule has 0 aromatic rings. The van der Waals surface area contributed by atoms with Crippen molar-refractivity contribution in [2.24, 2.45) is 22.7 Å². The Hall–Kier alpha value is -3.18. The van der Waals surface area contributed by atoms with Crippen LogP contribution in [-0.4, -0.2) is 103 Å². The monoisotopic (exact) mass is 676 g/mol. The van der Waals surface area contributed by atoms with Gasteiger partial charge in [0.2, 0.25) is 27.6 Å². The van der Waals surface area contributed by atoms with Crippen LogP contribution in [0.15, 0.2) is 0 Å². The molecule has 4 aliphatic rings.